The molecule has 1 aliphatic rings. The first-order valence-corrected chi connectivity index (χ1v) is 9.37. The van der Waals surface area contributed by atoms with E-state index >= 15 is 0 Å². The number of rotatable bonds is 3. The second kappa shape index (κ2) is 7.56. The number of aromatic nitrogens is 1. The van der Waals surface area contributed by atoms with Crippen LogP contribution in [0.3, 0.4) is 0 Å². The van der Waals surface area contributed by atoms with Gasteiger partial charge in [0.15, 0.2) is 0 Å². The lowest BCUT2D eigenvalue weighted by Gasteiger charge is -2.21. The quantitative estimate of drug-likeness (QED) is 0.661. The fourth-order valence-electron chi connectivity index (χ4n) is 2.92. The summed E-state index contributed by atoms with van der Waals surface area (Å²) in [4.78, 5) is 20.9. The molecule has 1 N–H and O–H groups in total. The number of hydrogen-bond donors (Lipinski definition) is 1. The van der Waals surface area contributed by atoms with Crippen molar-refractivity contribution in [2.45, 2.75) is 16.7 Å². The summed E-state index contributed by atoms with van der Waals surface area (Å²) >= 11 is 1.61. The highest BCUT2D eigenvalue weighted by atomic mass is 32.2. The summed E-state index contributed by atoms with van der Waals surface area (Å²) in [5.41, 5.74) is 3.51. The van der Waals surface area contributed by atoms with E-state index in [0.717, 1.165) is 26.9 Å². The van der Waals surface area contributed by atoms with Crippen LogP contribution in [-0.4, -0.2) is 17.4 Å². The summed E-state index contributed by atoms with van der Waals surface area (Å²) in [6.07, 6.45) is 3.50. The van der Waals surface area contributed by atoms with Crippen LogP contribution >= 0.6 is 11.8 Å². The first-order valence-electron chi connectivity index (χ1n) is 8.56. The highest BCUT2D eigenvalue weighted by Gasteiger charge is 2.26. The molecule has 5 heteroatoms. The lowest BCUT2D eigenvalue weighted by Crippen LogP contribution is -2.31. The van der Waals surface area contributed by atoms with Crippen molar-refractivity contribution in [3.05, 3.63) is 72.6 Å². The van der Waals surface area contributed by atoms with Crippen LogP contribution in [0.5, 0.6) is 0 Å². The molecule has 3 aromatic rings. The minimum Gasteiger partial charge on any atom is -0.355 e. The van der Waals surface area contributed by atoms with Crippen molar-refractivity contribution in [2.75, 3.05) is 16.8 Å². The number of nitrogens with one attached hydrogen (secondary N) is 1. The average molecular weight is 371 g/mol. The molecule has 0 spiro atoms. The number of carbonyl (C=O) groups excluding carboxylic acids is 1. The van der Waals surface area contributed by atoms with Gasteiger partial charge in [-0.15, -0.1) is 5.92 Å². The van der Waals surface area contributed by atoms with Crippen molar-refractivity contribution < 1.29 is 4.79 Å². The van der Waals surface area contributed by atoms with Gasteiger partial charge in [-0.1, -0.05) is 29.8 Å². The molecule has 2 aromatic carbocycles. The molecule has 1 aliphatic heterocycles. The summed E-state index contributed by atoms with van der Waals surface area (Å²) < 4.78 is 0. The second-order valence-electron chi connectivity index (χ2n) is 5.96. The van der Waals surface area contributed by atoms with Gasteiger partial charge in [0, 0.05) is 33.6 Å². The Morgan fingerprint density at radius 1 is 1.04 bits per heavy atom. The molecule has 0 fully saturated rings. The topological polar surface area (TPSA) is 45.2 Å². The maximum Gasteiger partial charge on any atom is 0.260 e. The normalized spacial score (nSPS) is 12.3. The lowest BCUT2D eigenvalue weighted by molar-refractivity contribution is 0.0987. The van der Waals surface area contributed by atoms with Gasteiger partial charge in [0.1, 0.15) is 0 Å². The lowest BCUT2D eigenvalue weighted by atomic mass is 10.1. The summed E-state index contributed by atoms with van der Waals surface area (Å²) in [6, 6.07) is 17.6. The Morgan fingerprint density at radius 2 is 1.85 bits per heavy atom. The maximum atomic E-state index is 13.1. The molecule has 0 saturated heterocycles. The van der Waals surface area contributed by atoms with E-state index in [9.17, 15) is 4.79 Å². The second-order valence-corrected chi connectivity index (χ2v) is 7.04. The van der Waals surface area contributed by atoms with Crippen molar-refractivity contribution in [1.29, 1.82) is 0 Å². The minimum absolute atomic E-state index is 0.0190. The highest BCUT2D eigenvalue weighted by molar-refractivity contribution is 7.99. The zero-order valence-electron chi connectivity index (χ0n) is 14.8. The molecule has 0 atom stereocenters. The number of carbonyl (C=O) groups is 1. The number of hydrogen-bond acceptors (Lipinski definition) is 4. The standard InChI is InChI=1S/C22H17N3OS/c1-2-3-14-25-19-9-8-17(24-16-10-12-23-13-11-16)15-21(19)27-20-7-5-4-6-18(20)22(25)26/h4-13,15H,14H2,1H3,(H,23,24). The van der Waals surface area contributed by atoms with E-state index in [1.807, 2.05) is 48.5 Å². The van der Waals surface area contributed by atoms with Gasteiger partial charge in [-0.25, -0.2) is 0 Å². The van der Waals surface area contributed by atoms with Gasteiger partial charge in [0.25, 0.3) is 5.91 Å². The van der Waals surface area contributed by atoms with E-state index in [1.54, 1.807) is 36.0 Å². The van der Waals surface area contributed by atoms with E-state index in [1.165, 1.54) is 0 Å². The van der Waals surface area contributed by atoms with Crippen molar-refractivity contribution >= 4 is 34.7 Å². The minimum atomic E-state index is -0.0190. The molecule has 0 bridgehead atoms. The molecular formula is C22H17N3OS. The van der Waals surface area contributed by atoms with Crippen LogP contribution in [0.2, 0.25) is 0 Å². The van der Waals surface area contributed by atoms with Crippen LogP contribution in [0.15, 0.2) is 76.8 Å². The number of fused-ring (bicyclic) bond motifs is 2. The largest absolute Gasteiger partial charge is 0.355 e. The highest BCUT2D eigenvalue weighted by Crippen LogP contribution is 2.42. The first kappa shape index (κ1) is 17.2. The molecule has 0 unspecified atom stereocenters. The molecule has 4 nitrogen and oxygen atoms in total. The molecular weight excluding hydrogens is 354 g/mol. The van der Waals surface area contributed by atoms with Gasteiger partial charge in [-0.05, 0) is 49.4 Å². The Kier molecular flexibility index (Phi) is 4.82. The maximum absolute atomic E-state index is 13.1. The third kappa shape index (κ3) is 3.53. The Bertz CT molecular complexity index is 1050. The van der Waals surface area contributed by atoms with Crippen LogP contribution in [0, 0.1) is 11.8 Å². The zero-order chi connectivity index (χ0) is 18.6. The van der Waals surface area contributed by atoms with E-state index in [4.69, 9.17) is 0 Å². The summed E-state index contributed by atoms with van der Waals surface area (Å²) in [7, 11) is 0. The Labute approximate surface area is 162 Å². The van der Waals surface area contributed by atoms with E-state index in [2.05, 4.69) is 28.2 Å². The third-order valence-electron chi connectivity index (χ3n) is 4.22. The van der Waals surface area contributed by atoms with Crippen LogP contribution in [-0.2, 0) is 0 Å². The number of nitrogens with zero attached hydrogens (tertiary/aromatic N) is 2. The smallest absolute Gasteiger partial charge is 0.260 e. The number of anilines is 3. The van der Waals surface area contributed by atoms with Crippen LogP contribution in [0.25, 0.3) is 0 Å². The molecule has 1 amide bonds. The number of benzene rings is 2. The Hall–Kier alpha value is -3.23. The average Bonchev–Trinajstić information content (AvgIpc) is 2.81. The van der Waals surface area contributed by atoms with E-state index in [0.29, 0.717) is 12.1 Å². The molecule has 2 heterocycles. The molecule has 1 aromatic heterocycles. The molecule has 4 rings (SSSR count). The molecule has 27 heavy (non-hydrogen) atoms. The molecule has 0 aliphatic carbocycles. The van der Waals surface area contributed by atoms with Gasteiger partial charge < -0.3 is 5.32 Å². The first-order chi connectivity index (χ1) is 13.3. The van der Waals surface area contributed by atoms with Gasteiger partial charge in [-0.2, -0.15) is 0 Å². The summed E-state index contributed by atoms with van der Waals surface area (Å²) in [5, 5.41) is 3.38. The van der Waals surface area contributed by atoms with E-state index < -0.39 is 0 Å². The molecule has 132 valence electrons. The fourth-order valence-corrected chi connectivity index (χ4v) is 4.04. The van der Waals surface area contributed by atoms with Crippen molar-refractivity contribution in [1.82, 2.24) is 4.98 Å². The van der Waals surface area contributed by atoms with Gasteiger partial charge >= 0.3 is 0 Å². The predicted octanol–water partition coefficient (Wildman–Crippen LogP) is 4.96. The zero-order valence-corrected chi connectivity index (χ0v) is 15.6. The van der Waals surface area contributed by atoms with Gasteiger partial charge in [0.05, 0.1) is 17.8 Å². The number of amides is 1. The van der Waals surface area contributed by atoms with Crippen LogP contribution in [0.4, 0.5) is 17.1 Å². The Morgan fingerprint density at radius 3 is 2.67 bits per heavy atom. The van der Waals surface area contributed by atoms with Gasteiger partial charge in [-0.3, -0.25) is 14.7 Å². The SMILES string of the molecule is CC#CCN1C(=O)c2ccccc2Sc2cc(Nc3ccncc3)ccc21. The van der Waals surface area contributed by atoms with Gasteiger partial charge in [0.2, 0.25) is 0 Å². The van der Waals surface area contributed by atoms with E-state index in [-0.39, 0.29) is 5.91 Å². The van der Waals surface area contributed by atoms with Crippen molar-refractivity contribution in [2.24, 2.45) is 0 Å². The fraction of sp³-hybridized carbons (Fsp3) is 0.0909. The monoisotopic (exact) mass is 371 g/mol. The van der Waals surface area contributed by atoms with Crippen LogP contribution < -0.4 is 10.2 Å². The predicted molar refractivity (Wildman–Crippen MR) is 110 cm³/mol. The number of pyridine rings is 1. The van der Waals surface area contributed by atoms with Crippen LogP contribution in [0.1, 0.15) is 17.3 Å². The Balaban J connectivity index is 1.77. The molecule has 0 radical (unpaired) electrons. The summed E-state index contributed by atoms with van der Waals surface area (Å²) in [5.74, 6) is 5.89. The van der Waals surface area contributed by atoms with Crippen molar-refractivity contribution in [3.8, 4) is 11.8 Å². The summed E-state index contributed by atoms with van der Waals surface area (Å²) in [6.45, 7) is 2.15. The third-order valence-corrected chi connectivity index (χ3v) is 5.34. The van der Waals surface area contributed by atoms with Crippen molar-refractivity contribution in [3.63, 3.8) is 0 Å². The molecule has 0 saturated carbocycles.